The Morgan fingerprint density at radius 2 is 0.724 bits per heavy atom. The van der Waals surface area contributed by atoms with E-state index in [4.69, 9.17) is 29.9 Å². The number of aryl methyl sites for hydroxylation is 2. The Labute approximate surface area is 450 Å². The highest BCUT2D eigenvalue weighted by Gasteiger charge is 2.32. The first-order valence-corrected chi connectivity index (χ1v) is 26.7. The molecule has 0 bridgehead atoms. The summed E-state index contributed by atoms with van der Waals surface area (Å²) in [5.41, 5.74) is 16.3. The lowest BCUT2D eigenvalue weighted by Gasteiger charge is -2.26. The van der Waals surface area contributed by atoms with Gasteiger partial charge in [0.05, 0.1) is 56.0 Å². The molecule has 0 spiro atoms. The van der Waals surface area contributed by atoms with E-state index < -0.39 is 10.8 Å². The van der Waals surface area contributed by atoms with Crippen LogP contribution in [0.2, 0.25) is 0 Å². The van der Waals surface area contributed by atoms with Gasteiger partial charge in [-0.25, -0.2) is 19.9 Å². The Morgan fingerprint density at radius 1 is 0.368 bits per heavy atom. The van der Waals surface area contributed by atoms with E-state index in [-0.39, 0.29) is 33.2 Å². The summed E-state index contributed by atoms with van der Waals surface area (Å²) in [6.45, 7) is 38.8. The van der Waals surface area contributed by atoms with Crippen LogP contribution in [-0.2, 0) is 46.6 Å². The van der Waals surface area contributed by atoms with Gasteiger partial charge in [-0.2, -0.15) is 0 Å². The minimum absolute atomic E-state index is 0.159. The fraction of sp³-hybridized carbons (Fsp3) is 0.394. The molecule has 0 saturated carbocycles. The molecule has 2 N–H and O–H groups in total. The first-order chi connectivity index (χ1) is 35.1. The van der Waals surface area contributed by atoms with Crippen LogP contribution in [0.25, 0.3) is 89.6 Å². The third kappa shape index (κ3) is 9.91. The molecule has 0 aliphatic heterocycles. The molecule has 5 heterocycles. The molecule has 0 atom stereocenters. The average molecular weight is 1020 g/mol. The molecule has 0 aliphatic carbocycles. The number of rotatable bonds is 6. The quantitative estimate of drug-likeness (QED) is 0.169. The monoisotopic (exact) mass is 1010 g/mol. The maximum Gasteiger partial charge on any atom is 0.148 e. The zero-order valence-corrected chi connectivity index (χ0v) is 48.7. The van der Waals surface area contributed by atoms with Crippen molar-refractivity contribution in [3.8, 4) is 79.0 Å². The largest absolute Gasteiger partial charge is 0.505 e. The van der Waals surface area contributed by atoms with E-state index in [1.54, 1.807) is 6.33 Å². The minimum Gasteiger partial charge on any atom is -0.505 e. The van der Waals surface area contributed by atoms with Gasteiger partial charge in [0, 0.05) is 69.4 Å². The summed E-state index contributed by atoms with van der Waals surface area (Å²) in [6.07, 6.45) is 1.67. The first kappa shape index (κ1) is 53.6. The summed E-state index contributed by atoms with van der Waals surface area (Å²) in [5.74, 6) is 1.68. The van der Waals surface area contributed by atoms with E-state index in [0.29, 0.717) is 34.2 Å². The van der Waals surface area contributed by atoms with Gasteiger partial charge in [-0.05, 0) is 87.7 Å². The normalized spacial score (nSPS) is 13.1. The van der Waals surface area contributed by atoms with Crippen molar-refractivity contribution in [2.24, 2.45) is 14.1 Å². The standard InChI is InChI=1S/C66H78N8O2/c1-61(2,3)41-29-37(43-23-21-25-49-53(43)71-59(73(49)19)45-33-51(63(7,8)9)69-57(55(45)75)65(13,14)15)27-39(31-41)47-35-48(68-36-67-47)40-28-38(30-42(32-40)62(4,5)6)44-24-22-26-50-54(44)72-60(74(50)20)46-34-52(64(10,11)12)70-58(56(46)76)66(16,17)18/h21-36,75-76H,1-20H3. The lowest BCUT2D eigenvalue weighted by atomic mass is 9.83. The summed E-state index contributed by atoms with van der Waals surface area (Å²) in [4.78, 5) is 30.7. The van der Waals surface area contributed by atoms with E-state index in [0.717, 1.165) is 89.4 Å². The van der Waals surface area contributed by atoms with Crippen molar-refractivity contribution in [1.82, 2.24) is 39.0 Å². The van der Waals surface area contributed by atoms with Crippen LogP contribution in [-0.4, -0.2) is 49.3 Å². The SMILES string of the molecule is Cn1c(-c2cc(C(C)(C)C)nc(C(C)(C)C)c2O)nc2c(-c3cc(-c4cc(-c5cc(-c6cccc7c6nc(-c6cc(C(C)(C)C)nc(C(C)(C)C)c6O)n7C)cc(C(C)(C)C)c5)ncn4)cc(C(C)(C)C)c3)cccc21. The predicted octanol–water partition coefficient (Wildman–Crippen LogP) is 16.2. The van der Waals surface area contributed by atoms with Crippen molar-refractivity contribution in [1.29, 1.82) is 0 Å². The number of nitrogens with zero attached hydrogens (tertiary/aromatic N) is 8. The van der Waals surface area contributed by atoms with Gasteiger partial charge in [-0.1, -0.05) is 161 Å². The van der Waals surface area contributed by atoms with Crippen LogP contribution in [0.5, 0.6) is 11.5 Å². The second kappa shape index (κ2) is 18.2. The van der Waals surface area contributed by atoms with Gasteiger partial charge in [0.2, 0.25) is 0 Å². The van der Waals surface area contributed by atoms with Crippen molar-refractivity contribution in [3.63, 3.8) is 0 Å². The molecule has 5 aromatic heterocycles. The van der Waals surface area contributed by atoms with Crippen LogP contribution in [0, 0.1) is 0 Å². The van der Waals surface area contributed by atoms with Gasteiger partial charge < -0.3 is 19.3 Å². The molecule has 0 radical (unpaired) electrons. The molecule has 0 saturated heterocycles. The molecule has 76 heavy (non-hydrogen) atoms. The Morgan fingerprint density at radius 3 is 1.05 bits per heavy atom. The van der Waals surface area contributed by atoms with Crippen molar-refractivity contribution in [3.05, 3.63) is 131 Å². The Balaban J connectivity index is 1.18. The number of hydrogen-bond acceptors (Lipinski definition) is 8. The predicted molar refractivity (Wildman–Crippen MR) is 314 cm³/mol. The topological polar surface area (TPSA) is 128 Å². The smallest absolute Gasteiger partial charge is 0.148 e. The third-order valence-corrected chi connectivity index (χ3v) is 14.7. The molecule has 0 fully saturated rings. The highest BCUT2D eigenvalue weighted by Crippen LogP contribution is 2.45. The fourth-order valence-corrected chi connectivity index (χ4v) is 10.0. The summed E-state index contributed by atoms with van der Waals surface area (Å²) in [7, 11) is 4.04. The number of benzene rings is 4. The lowest BCUT2D eigenvalue weighted by Crippen LogP contribution is -2.20. The number of pyridine rings is 2. The number of aromatic nitrogens is 8. The van der Waals surface area contributed by atoms with Crippen molar-refractivity contribution < 1.29 is 10.2 Å². The summed E-state index contributed by atoms with van der Waals surface area (Å²) in [5, 5.41) is 23.9. The van der Waals surface area contributed by atoms with Crippen LogP contribution in [0.4, 0.5) is 0 Å². The first-order valence-electron chi connectivity index (χ1n) is 26.7. The second-order valence-electron chi connectivity index (χ2n) is 27.2. The number of fused-ring (bicyclic) bond motifs is 2. The minimum atomic E-state index is -0.390. The summed E-state index contributed by atoms with van der Waals surface area (Å²) in [6, 6.07) is 32.3. The average Bonchev–Trinajstić information content (AvgIpc) is 3.85. The Kier molecular flexibility index (Phi) is 12.9. The molecule has 0 unspecified atom stereocenters. The van der Waals surface area contributed by atoms with E-state index in [1.165, 1.54) is 0 Å². The fourth-order valence-electron chi connectivity index (χ4n) is 10.0. The zero-order valence-electron chi connectivity index (χ0n) is 48.7. The maximum absolute atomic E-state index is 11.9. The van der Waals surface area contributed by atoms with Crippen molar-refractivity contribution in [2.75, 3.05) is 0 Å². The van der Waals surface area contributed by atoms with Gasteiger partial charge in [-0.3, -0.25) is 9.97 Å². The summed E-state index contributed by atoms with van der Waals surface area (Å²) < 4.78 is 4.17. The Bertz CT molecular complexity index is 3510. The Hall–Kier alpha value is -7.20. The maximum atomic E-state index is 11.9. The highest BCUT2D eigenvalue weighted by atomic mass is 16.3. The lowest BCUT2D eigenvalue weighted by molar-refractivity contribution is 0.432. The third-order valence-electron chi connectivity index (χ3n) is 14.7. The van der Waals surface area contributed by atoms with E-state index in [1.807, 2.05) is 26.2 Å². The molecule has 0 amide bonds. The number of para-hydroxylation sites is 2. The number of hydrogen-bond donors (Lipinski definition) is 2. The van der Waals surface area contributed by atoms with Gasteiger partial charge >= 0.3 is 0 Å². The van der Waals surface area contributed by atoms with Gasteiger partial charge in [0.15, 0.2) is 0 Å². The van der Waals surface area contributed by atoms with Crippen LogP contribution < -0.4 is 0 Å². The van der Waals surface area contributed by atoms with Crippen LogP contribution >= 0.6 is 0 Å². The van der Waals surface area contributed by atoms with Gasteiger partial charge in [-0.15, -0.1) is 0 Å². The molecular formula is C66H78N8O2. The van der Waals surface area contributed by atoms with Crippen LogP contribution in [0.1, 0.15) is 159 Å². The number of aromatic hydroxyl groups is 2. The molecule has 4 aromatic carbocycles. The zero-order chi connectivity index (χ0) is 55.6. The van der Waals surface area contributed by atoms with E-state index in [9.17, 15) is 10.2 Å². The van der Waals surface area contributed by atoms with Crippen LogP contribution in [0.3, 0.4) is 0 Å². The van der Waals surface area contributed by atoms with Crippen molar-refractivity contribution in [2.45, 2.75) is 157 Å². The molecule has 9 aromatic rings. The van der Waals surface area contributed by atoms with Gasteiger partial charge in [0.1, 0.15) is 29.5 Å². The molecule has 10 nitrogen and oxygen atoms in total. The van der Waals surface area contributed by atoms with E-state index >= 15 is 0 Å². The molecule has 394 valence electrons. The van der Waals surface area contributed by atoms with Crippen LogP contribution in [0.15, 0.2) is 97.3 Å². The van der Waals surface area contributed by atoms with Crippen molar-refractivity contribution >= 4 is 22.1 Å². The molecular weight excluding hydrogens is 937 g/mol. The second-order valence-corrected chi connectivity index (χ2v) is 27.2. The molecule has 0 aliphatic rings. The van der Waals surface area contributed by atoms with Gasteiger partial charge in [0.25, 0.3) is 0 Å². The van der Waals surface area contributed by atoms with E-state index in [2.05, 4.69) is 213 Å². The summed E-state index contributed by atoms with van der Waals surface area (Å²) >= 11 is 0. The number of imidazole rings is 2. The highest BCUT2D eigenvalue weighted by molar-refractivity contribution is 5.97. The molecule has 9 rings (SSSR count). The molecule has 10 heteroatoms.